The number of aromatic amines is 1. The lowest BCUT2D eigenvalue weighted by atomic mass is 10.2. The van der Waals surface area contributed by atoms with Crippen LogP contribution in [0, 0.1) is 0 Å². The number of H-pyrrole nitrogens is 1. The fraction of sp³-hybridized carbons (Fsp3) is 0. The molecule has 0 bridgehead atoms. The van der Waals surface area contributed by atoms with Crippen LogP contribution in [-0.2, 0) is 0 Å². The van der Waals surface area contributed by atoms with Crippen molar-refractivity contribution in [2.75, 3.05) is 0 Å². The molecule has 5 nitrogen and oxygen atoms in total. The molecule has 68 valence electrons. The van der Waals surface area contributed by atoms with E-state index in [0.717, 1.165) is 10.9 Å². The molecule has 3 aromatic heterocycles. The van der Waals surface area contributed by atoms with Crippen LogP contribution in [0.5, 0.6) is 5.88 Å². The van der Waals surface area contributed by atoms with Crippen molar-refractivity contribution in [3.05, 3.63) is 24.8 Å². The van der Waals surface area contributed by atoms with Crippen LogP contribution >= 0.6 is 0 Å². The van der Waals surface area contributed by atoms with Gasteiger partial charge >= 0.3 is 0 Å². The van der Waals surface area contributed by atoms with Gasteiger partial charge in [0, 0.05) is 11.6 Å². The van der Waals surface area contributed by atoms with Gasteiger partial charge in [0.25, 0.3) is 0 Å². The van der Waals surface area contributed by atoms with Crippen LogP contribution in [0.3, 0.4) is 0 Å². The summed E-state index contributed by atoms with van der Waals surface area (Å²) in [7, 11) is 0. The van der Waals surface area contributed by atoms with Gasteiger partial charge in [-0.15, -0.1) is 0 Å². The van der Waals surface area contributed by atoms with Crippen molar-refractivity contribution < 1.29 is 5.11 Å². The quantitative estimate of drug-likeness (QED) is 0.553. The van der Waals surface area contributed by atoms with Gasteiger partial charge in [-0.2, -0.15) is 0 Å². The molecule has 0 aliphatic carbocycles. The van der Waals surface area contributed by atoms with E-state index >= 15 is 0 Å². The minimum atomic E-state index is -0.00699. The molecule has 3 aromatic rings. The lowest BCUT2D eigenvalue weighted by Crippen LogP contribution is -1.79. The van der Waals surface area contributed by atoms with E-state index in [-0.39, 0.29) is 5.88 Å². The number of hydrogen-bond acceptors (Lipinski definition) is 4. The zero-order valence-electron chi connectivity index (χ0n) is 7.10. The van der Waals surface area contributed by atoms with Gasteiger partial charge in [0.2, 0.25) is 5.88 Å². The van der Waals surface area contributed by atoms with Crippen LogP contribution in [0.2, 0.25) is 0 Å². The van der Waals surface area contributed by atoms with Crippen molar-refractivity contribution in [1.29, 1.82) is 0 Å². The highest BCUT2D eigenvalue weighted by Gasteiger charge is 2.09. The molecule has 3 rings (SSSR count). The van der Waals surface area contributed by atoms with Crippen LogP contribution in [0.1, 0.15) is 0 Å². The maximum Gasteiger partial charge on any atom is 0.224 e. The molecule has 3 heterocycles. The van der Waals surface area contributed by atoms with Gasteiger partial charge in [-0.3, -0.25) is 4.98 Å². The molecule has 0 atom stereocenters. The summed E-state index contributed by atoms with van der Waals surface area (Å²) in [5.74, 6) is -0.00699. The number of hydrogen-bond donors (Lipinski definition) is 2. The Labute approximate surface area is 78.5 Å². The van der Waals surface area contributed by atoms with Gasteiger partial charge in [-0.25, -0.2) is 9.97 Å². The van der Waals surface area contributed by atoms with E-state index < -0.39 is 0 Å². The fourth-order valence-electron chi connectivity index (χ4n) is 1.56. The third kappa shape index (κ3) is 0.806. The Balaban J connectivity index is 2.65. The lowest BCUT2D eigenvalue weighted by molar-refractivity contribution is 0.459. The molecule has 0 spiro atoms. The predicted molar refractivity (Wildman–Crippen MR) is 50.9 cm³/mol. The number of pyridine rings is 1. The standard InChI is InChI=1S/C9H6N4O/c14-9-7-5-1-2-10-3-6(5)13-8(7)11-4-12-9/h1-4H,(H2,11,12,13,14). The van der Waals surface area contributed by atoms with Crippen molar-refractivity contribution in [2.45, 2.75) is 0 Å². The minimum absolute atomic E-state index is 0.00699. The normalized spacial score (nSPS) is 11.1. The van der Waals surface area contributed by atoms with Crippen LogP contribution in [0.25, 0.3) is 21.9 Å². The average Bonchev–Trinajstić information content (AvgIpc) is 2.57. The van der Waals surface area contributed by atoms with Crippen LogP contribution in [0.15, 0.2) is 24.8 Å². The van der Waals surface area contributed by atoms with Crippen molar-refractivity contribution in [2.24, 2.45) is 0 Å². The summed E-state index contributed by atoms with van der Waals surface area (Å²) >= 11 is 0. The molecule has 0 radical (unpaired) electrons. The predicted octanol–water partition coefficient (Wildman–Crippen LogP) is 1.21. The molecule has 0 saturated heterocycles. The molecule has 0 unspecified atom stereocenters. The molecule has 0 saturated carbocycles. The van der Waals surface area contributed by atoms with Gasteiger partial charge in [0.1, 0.15) is 12.0 Å². The van der Waals surface area contributed by atoms with E-state index in [2.05, 4.69) is 19.9 Å². The SMILES string of the molecule is Oc1ncnc2[nH]c3cnccc3c12. The zero-order chi connectivity index (χ0) is 9.54. The Morgan fingerprint density at radius 1 is 1.29 bits per heavy atom. The van der Waals surface area contributed by atoms with Crippen molar-refractivity contribution in [3.63, 3.8) is 0 Å². The Bertz CT molecular complexity index is 616. The fourth-order valence-corrected chi connectivity index (χ4v) is 1.56. The number of rotatable bonds is 0. The smallest absolute Gasteiger partial charge is 0.224 e. The first-order valence-corrected chi connectivity index (χ1v) is 4.11. The number of nitrogens with one attached hydrogen (secondary N) is 1. The van der Waals surface area contributed by atoms with Crippen LogP contribution in [-0.4, -0.2) is 25.0 Å². The number of aromatic nitrogens is 4. The van der Waals surface area contributed by atoms with Crippen molar-refractivity contribution in [1.82, 2.24) is 19.9 Å². The van der Waals surface area contributed by atoms with Gasteiger partial charge in [-0.05, 0) is 6.07 Å². The maximum absolute atomic E-state index is 9.57. The summed E-state index contributed by atoms with van der Waals surface area (Å²) in [4.78, 5) is 14.8. The van der Waals surface area contributed by atoms with E-state index in [0.29, 0.717) is 11.0 Å². The number of nitrogens with zero attached hydrogens (tertiary/aromatic N) is 3. The average molecular weight is 186 g/mol. The molecule has 5 heteroatoms. The van der Waals surface area contributed by atoms with Crippen LogP contribution in [0.4, 0.5) is 0 Å². The first-order chi connectivity index (χ1) is 6.86. The highest BCUT2D eigenvalue weighted by molar-refractivity contribution is 6.07. The lowest BCUT2D eigenvalue weighted by Gasteiger charge is -1.91. The third-order valence-electron chi connectivity index (χ3n) is 2.17. The van der Waals surface area contributed by atoms with Gasteiger partial charge in [0.05, 0.1) is 17.1 Å². The van der Waals surface area contributed by atoms with Crippen LogP contribution < -0.4 is 0 Å². The first kappa shape index (κ1) is 7.25. The summed E-state index contributed by atoms with van der Waals surface area (Å²) in [6.45, 7) is 0. The minimum Gasteiger partial charge on any atom is -0.493 e. The van der Waals surface area contributed by atoms with Crippen molar-refractivity contribution in [3.8, 4) is 5.88 Å². The van der Waals surface area contributed by atoms with Crippen molar-refractivity contribution >= 4 is 21.9 Å². The van der Waals surface area contributed by atoms with Gasteiger partial charge in [0.15, 0.2) is 0 Å². The third-order valence-corrected chi connectivity index (χ3v) is 2.17. The first-order valence-electron chi connectivity index (χ1n) is 4.11. The van der Waals surface area contributed by atoms with Gasteiger partial charge in [-0.1, -0.05) is 0 Å². The Morgan fingerprint density at radius 2 is 2.21 bits per heavy atom. The van der Waals surface area contributed by atoms with Gasteiger partial charge < -0.3 is 10.1 Å². The maximum atomic E-state index is 9.57. The summed E-state index contributed by atoms with van der Waals surface area (Å²) in [5, 5.41) is 11.1. The summed E-state index contributed by atoms with van der Waals surface area (Å²) < 4.78 is 0. The molecular formula is C9H6N4O. The van der Waals surface area contributed by atoms with E-state index in [4.69, 9.17) is 0 Å². The summed E-state index contributed by atoms with van der Waals surface area (Å²) in [6, 6.07) is 1.82. The summed E-state index contributed by atoms with van der Waals surface area (Å²) in [5.41, 5.74) is 1.47. The van der Waals surface area contributed by atoms with E-state index in [1.54, 1.807) is 12.4 Å². The Hall–Kier alpha value is -2.17. The second-order valence-electron chi connectivity index (χ2n) is 2.97. The second kappa shape index (κ2) is 2.41. The number of aromatic hydroxyl groups is 1. The molecule has 2 N–H and O–H groups in total. The topological polar surface area (TPSA) is 74.7 Å². The molecule has 0 fully saturated rings. The van der Waals surface area contributed by atoms with E-state index in [1.807, 2.05) is 6.07 Å². The van der Waals surface area contributed by atoms with E-state index in [1.165, 1.54) is 6.33 Å². The molecular weight excluding hydrogens is 180 g/mol. The largest absolute Gasteiger partial charge is 0.493 e. The Kier molecular flexibility index (Phi) is 1.25. The molecule has 0 aliphatic rings. The highest BCUT2D eigenvalue weighted by atomic mass is 16.3. The molecule has 0 amide bonds. The highest BCUT2D eigenvalue weighted by Crippen LogP contribution is 2.28. The molecule has 0 aliphatic heterocycles. The summed E-state index contributed by atoms with van der Waals surface area (Å²) in [6.07, 6.45) is 4.68. The zero-order valence-corrected chi connectivity index (χ0v) is 7.10. The Morgan fingerprint density at radius 3 is 3.14 bits per heavy atom. The number of fused-ring (bicyclic) bond motifs is 3. The second-order valence-corrected chi connectivity index (χ2v) is 2.97. The van der Waals surface area contributed by atoms with E-state index in [9.17, 15) is 5.11 Å². The monoisotopic (exact) mass is 186 g/mol. The molecule has 14 heavy (non-hydrogen) atoms. The molecule has 0 aromatic carbocycles.